The molecule has 3 rings (SSSR count). The van der Waals surface area contributed by atoms with Crippen LogP contribution in [-0.4, -0.2) is 71.4 Å². The van der Waals surface area contributed by atoms with Gasteiger partial charge in [0.15, 0.2) is 0 Å². The molecule has 2 saturated heterocycles. The minimum atomic E-state index is -1.09. The van der Waals surface area contributed by atoms with Crippen LogP contribution < -0.4 is 10.6 Å². The van der Waals surface area contributed by atoms with Crippen molar-refractivity contribution in [2.75, 3.05) is 19.6 Å². The highest BCUT2D eigenvalue weighted by atomic mass is 16.6. The number of alkyl carbamates (subject to hydrolysis) is 2. The maximum Gasteiger partial charge on any atom is 0.407 e. The lowest BCUT2D eigenvalue weighted by atomic mass is 9.77. The molecule has 31 heavy (non-hydrogen) atoms. The van der Waals surface area contributed by atoms with E-state index in [1.807, 2.05) is 0 Å². The Kier molecular flexibility index (Phi) is 5.81. The van der Waals surface area contributed by atoms with Crippen molar-refractivity contribution in [1.29, 1.82) is 0 Å². The molecule has 3 aliphatic heterocycles. The van der Waals surface area contributed by atoms with Crippen LogP contribution in [0.25, 0.3) is 0 Å². The normalized spacial score (nSPS) is 29.2. The lowest BCUT2D eigenvalue weighted by Gasteiger charge is -2.29. The van der Waals surface area contributed by atoms with Gasteiger partial charge in [-0.05, 0) is 41.5 Å². The van der Waals surface area contributed by atoms with Crippen LogP contribution in [0, 0.1) is 11.8 Å². The molecule has 4 atom stereocenters. The van der Waals surface area contributed by atoms with E-state index in [1.54, 1.807) is 53.7 Å². The lowest BCUT2D eigenvalue weighted by molar-refractivity contribution is -0.144. The molecule has 0 spiro atoms. The first-order valence-corrected chi connectivity index (χ1v) is 10.4. The van der Waals surface area contributed by atoms with Crippen LogP contribution in [0.1, 0.15) is 41.5 Å². The second-order valence-corrected chi connectivity index (χ2v) is 10.0. The van der Waals surface area contributed by atoms with E-state index in [2.05, 4.69) is 10.6 Å². The van der Waals surface area contributed by atoms with Crippen molar-refractivity contribution in [3.63, 3.8) is 0 Å². The summed E-state index contributed by atoms with van der Waals surface area (Å²) in [5.41, 5.74) is -2.39. The summed E-state index contributed by atoms with van der Waals surface area (Å²) in [7, 11) is 0. The molecule has 0 aromatic rings. The molecule has 3 aliphatic rings. The zero-order valence-electron chi connectivity index (χ0n) is 18.8. The summed E-state index contributed by atoms with van der Waals surface area (Å²) >= 11 is 0. The van der Waals surface area contributed by atoms with E-state index < -0.39 is 46.9 Å². The van der Waals surface area contributed by atoms with Crippen LogP contribution in [0.5, 0.6) is 0 Å². The largest absolute Gasteiger partial charge is 0.444 e. The first-order chi connectivity index (χ1) is 14.2. The standard InChI is InChI=1S/C21H31N3O7/c1-19(2,3)30-17(27)22-9-10-24-15(25)13-12-7-8-21(29-12,14(13)16(24)26)11-23-18(28)31-20(4,5)6/h7-8,12-14H,9-11H2,1-6H3,(H,22,27)(H,23,28). The second kappa shape index (κ2) is 7.81. The summed E-state index contributed by atoms with van der Waals surface area (Å²) < 4.78 is 16.4. The number of ether oxygens (including phenoxy) is 3. The molecular formula is C21H31N3O7. The Balaban J connectivity index is 1.61. The van der Waals surface area contributed by atoms with Crippen molar-refractivity contribution < 1.29 is 33.4 Å². The Bertz CT molecular complexity index is 811. The van der Waals surface area contributed by atoms with Crippen molar-refractivity contribution in [3.05, 3.63) is 12.2 Å². The number of imide groups is 1. The number of hydrogen-bond donors (Lipinski definition) is 2. The van der Waals surface area contributed by atoms with Crippen molar-refractivity contribution >= 4 is 24.0 Å². The van der Waals surface area contributed by atoms with Crippen molar-refractivity contribution in [2.24, 2.45) is 11.8 Å². The highest BCUT2D eigenvalue weighted by molar-refractivity contribution is 6.07. The number of nitrogens with one attached hydrogen (secondary N) is 2. The van der Waals surface area contributed by atoms with Crippen molar-refractivity contribution in [2.45, 2.75) is 64.4 Å². The average Bonchev–Trinajstić information content (AvgIpc) is 3.23. The molecule has 172 valence electrons. The number of rotatable bonds is 5. The van der Waals surface area contributed by atoms with E-state index in [-0.39, 0.29) is 31.4 Å². The Morgan fingerprint density at radius 1 is 1.03 bits per heavy atom. The summed E-state index contributed by atoms with van der Waals surface area (Å²) in [4.78, 5) is 51.0. The molecule has 0 aromatic carbocycles. The fraction of sp³-hybridized carbons (Fsp3) is 0.714. The van der Waals surface area contributed by atoms with Gasteiger partial charge in [-0.2, -0.15) is 0 Å². The maximum atomic E-state index is 13.1. The molecule has 2 N–H and O–H groups in total. The molecular weight excluding hydrogens is 406 g/mol. The first kappa shape index (κ1) is 23.1. The Labute approximate surface area is 181 Å². The zero-order valence-corrected chi connectivity index (χ0v) is 18.8. The fourth-order valence-electron chi connectivity index (χ4n) is 4.09. The Morgan fingerprint density at radius 3 is 2.19 bits per heavy atom. The third-order valence-electron chi connectivity index (χ3n) is 5.16. The van der Waals surface area contributed by atoms with Gasteiger partial charge in [0, 0.05) is 13.1 Å². The Hall–Kier alpha value is -2.62. The topological polar surface area (TPSA) is 123 Å². The number of likely N-dealkylation sites (tertiary alicyclic amines) is 1. The molecule has 0 aliphatic carbocycles. The number of fused-ring (bicyclic) bond motifs is 5. The minimum Gasteiger partial charge on any atom is -0.444 e. The van der Waals surface area contributed by atoms with Gasteiger partial charge >= 0.3 is 12.2 Å². The number of carbonyl (C=O) groups excluding carboxylic acids is 4. The monoisotopic (exact) mass is 437 g/mol. The first-order valence-electron chi connectivity index (χ1n) is 10.4. The van der Waals surface area contributed by atoms with E-state index in [1.165, 1.54) is 0 Å². The third-order valence-corrected chi connectivity index (χ3v) is 5.16. The van der Waals surface area contributed by atoms with Gasteiger partial charge < -0.3 is 24.8 Å². The molecule has 0 saturated carbocycles. The van der Waals surface area contributed by atoms with Crippen LogP contribution in [0.3, 0.4) is 0 Å². The molecule has 0 radical (unpaired) electrons. The molecule has 10 heteroatoms. The second-order valence-electron chi connectivity index (χ2n) is 10.0. The lowest BCUT2D eigenvalue weighted by Crippen LogP contribution is -2.50. The molecule has 10 nitrogen and oxygen atoms in total. The quantitative estimate of drug-likeness (QED) is 0.491. The van der Waals surface area contributed by atoms with E-state index in [9.17, 15) is 19.2 Å². The predicted molar refractivity (Wildman–Crippen MR) is 109 cm³/mol. The molecule has 4 unspecified atom stereocenters. The SMILES string of the molecule is CC(C)(C)OC(=O)NCCN1C(=O)C2C3C=CC(CNC(=O)OC(C)(C)C)(O3)C2C1=O. The highest BCUT2D eigenvalue weighted by Gasteiger charge is 2.67. The van der Waals surface area contributed by atoms with Gasteiger partial charge in [-0.15, -0.1) is 0 Å². The van der Waals surface area contributed by atoms with Gasteiger partial charge in [0.2, 0.25) is 11.8 Å². The van der Waals surface area contributed by atoms with Crippen LogP contribution in [0.2, 0.25) is 0 Å². The van der Waals surface area contributed by atoms with Crippen molar-refractivity contribution in [1.82, 2.24) is 15.5 Å². The van der Waals surface area contributed by atoms with Gasteiger partial charge in [0.1, 0.15) is 16.8 Å². The predicted octanol–water partition coefficient (Wildman–Crippen LogP) is 1.34. The molecule has 4 amide bonds. The average molecular weight is 437 g/mol. The summed E-state index contributed by atoms with van der Waals surface area (Å²) in [5.74, 6) is -2.08. The summed E-state index contributed by atoms with van der Waals surface area (Å²) in [6.07, 6.45) is 1.73. The number of nitrogens with zero attached hydrogens (tertiary/aromatic N) is 1. The van der Waals surface area contributed by atoms with Gasteiger partial charge in [-0.3, -0.25) is 14.5 Å². The van der Waals surface area contributed by atoms with Crippen molar-refractivity contribution in [3.8, 4) is 0 Å². The minimum absolute atomic E-state index is 0.0130. The van der Waals surface area contributed by atoms with Gasteiger partial charge in [-0.1, -0.05) is 12.2 Å². The summed E-state index contributed by atoms with van der Waals surface area (Å²) in [6, 6.07) is 0. The van der Waals surface area contributed by atoms with Gasteiger partial charge in [-0.25, -0.2) is 9.59 Å². The van der Waals surface area contributed by atoms with Crippen LogP contribution >= 0.6 is 0 Å². The van der Waals surface area contributed by atoms with Crippen LogP contribution in [0.4, 0.5) is 9.59 Å². The summed E-state index contributed by atoms with van der Waals surface area (Å²) in [6.45, 7) is 10.6. The van der Waals surface area contributed by atoms with E-state index in [0.29, 0.717) is 0 Å². The number of hydrogen-bond acceptors (Lipinski definition) is 7. The van der Waals surface area contributed by atoms with E-state index in [4.69, 9.17) is 14.2 Å². The number of carbonyl (C=O) groups is 4. The summed E-state index contributed by atoms with van der Waals surface area (Å²) in [5, 5.41) is 5.20. The van der Waals surface area contributed by atoms with E-state index in [0.717, 1.165) is 4.90 Å². The highest BCUT2D eigenvalue weighted by Crippen LogP contribution is 2.51. The molecule has 2 bridgehead atoms. The van der Waals surface area contributed by atoms with Crippen LogP contribution in [0.15, 0.2) is 12.2 Å². The number of amides is 4. The molecule has 2 fully saturated rings. The van der Waals surface area contributed by atoms with E-state index >= 15 is 0 Å². The van der Waals surface area contributed by atoms with Gasteiger partial charge in [0.05, 0.1) is 24.5 Å². The third kappa shape index (κ3) is 4.84. The fourth-order valence-corrected chi connectivity index (χ4v) is 4.09. The molecule has 3 heterocycles. The zero-order chi connectivity index (χ0) is 23.2. The smallest absolute Gasteiger partial charge is 0.407 e. The maximum absolute atomic E-state index is 13.1. The van der Waals surface area contributed by atoms with Gasteiger partial charge in [0.25, 0.3) is 0 Å². The Morgan fingerprint density at radius 2 is 1.61 bits per heavy atom. The van der Waals surface area contributed by atoms with Crippen LogP contribution in [-0.2, 0) is 23.8 Å². The molecule has 0 aromatic heterocycles.